The van der Waals surface area contributed by atoms with Crippen LogP contribution in [0, 0.1) is 0 Å². The molecule has 0 heterocycles. The molecule has 1 amide bonds. The van der Waals surface area contributed by atoms with Gasteiger partial charge in [0.25, 0.3) is 0 Å². The van der Waals surface area contributed by atoms with Gasteiger partial charge in [-0.25, -0.2) is 9.36 Å². The Kier molecular flexibility index (Phi) is 33.1. The van der Waals surface area contributed by atoms with Gasteiger partial charge in [0.2, 0.25) is 5.91 Å². The molecular weight excluding hydrogens is 661 g/mol. The molecule has 0 aromatic rings. The molecule has 0 saturated carbocycles. The average Bonchev–Trinajstić information content (AvgIpc) is 3.08. The highest BCUT2D eigenvalue weighted by atomic mass is 31.2. The summed E-state index contributed by atoms with van der Waals surface area (Å²) in [5.41, 5.74) is 0. The quantitative estimate of drug-likeness (QED) is 0.0209. The first-order chi connectivity index (χ1) is 24.1. The van der Waals surface area contributed by atoms with Crippen molar-refractivity contribution in [1.29, 1.82) is 0 Å². The predicted molar refractivity (Wildman–Crippen MR) is 199 cm³/mol. The zero-order chi connectivity index (χ0) is 37.1. The number of aliphatic hydroxyl groups excluding tert-OH is 1. The number of nitrogens with one attached hydrogen (secondary N) is 1. The number of phosphoric acid groups is 1. The number of carboxylic acid groups (broad SMARTS) is 1. The second kappa shape index (κ2) is 34.3. The van der Waals surface area contributed by atoms with Crippen LogP contribution in [0.1, 0.15) is 181 Å². The number of aliphatic carboxylic acids is 1. The molecule has 0 aliphatic carbocycles. The minimum atomic E-state index is -4.74. The highest BCUT2D eigenvalue weighted by molar-refractivity contribution is 7.47. The molecule has 4 N–H and O–H groups in total. The van der Waals surface area contributed by atoms with Gasteiger partial charge in [-0.2, -0.15) is 0 Å². The Morgan fingerprint density at radius 3 is 1.52 bits per heavy atom. The summed E-state index contributed by atoms with van der Waals surface area (Å²) in [7, 11) is -4.74. The molecule has 3 atom stereocenters. The van der Waals surface area contributed by atoms with Crippen LogP contribution in [-0.2, 0) is 32.7 Å². The van der Waals surface area contributed by atoms with Gasteiger partial charge in [0, 0.05) is 12.8 Å². The van der Waals surface area contributed by atoms with Gasteiger partial charge in [-0.3, -0.25) is 18.6 Å². The Morgan fingerprint density at radius 2 is 1.04 bits per heavy atom. The summed E-state index contributed by atoms with van der Waals surface area (Å²) in [6.07, 6.45) is 31.1. The monoisotopic (exact) mass is 733 g/mol. The summed E-state index contributed by atoms with van der Waals surface area (Å²) in [5.74, 6) is -2.38. The van der Waals surface area contributed by atoms with Gasteiger partial charge in [-0.05, 0) is 38.5 Å². The Morgan fingerprint density at radius 1 is 0.620 bits per heavy atom. The van der Waals surface area contributed by atoms with Crippen LogP contribution in [0.3, 0.4) is 0 Å². The molecule has 0 aromatic heterocycles. The van der Waals surface area contributed by atoms with Crippen LogP contribution in [0.25, 0.3) is 0 Å². The first-order valence-electron chi connectivity index (χ1n) is 19.7. The van der Waals surface area contributed by atoms with Crippen molar-refractivity contribution in [2.75, 3.05) is 19.8 Å². The normalized spacial score (nSPS) is 14.0. The van der Waals surface area contributed by atoms with E-state index >= 15 is 0 Å². The number of ether oxygens (including phenoxy) is 1. The molecule has 0 bridgehead atoms. The van der Waals surface area contributed by atoms with Gasteiger partial charge in [0.05, 0.1) is 13.2 Å². The van der Waals surface area contributed by atoms with Gasteiger partial charge >= 0.3 is 19.8 Å². The Hall–Kier alpha value is -1.78. The fourth-order valence-electron chi connectivity index (χ4n) is 5.43. The van der Waals surface area contributed by atoms with Crippen LogP contribution >= 0.6 is 7.82 Å². The highest BCUT2D eigenvalue weighted by Crippen LogP contribution is 2.43. The lowest BCUT2D eigenvalue weighted by Gasteiger charge is -2.18. The van der Waals surface area contributed by atoms with Crippen molar-refractivity contribution in [2.45, 2.75) is 193 Å². The molecule has 0 radical (unpaired) electrons. The van der Waals surface area contributed by atoms with Crippen molar-refractivity contribution >= 4 is 25.7 Å². The van der Waals surface area contributed by atoms with Crippen LogP contribution < -0.4 is 5.32 Å². The molecule has 11 nitrogen and oxygen atoms in total. The van der Waals surface area contributed by atoms with E-state index in [0.717, 1.165) is 44.9 Å². The topological polar surface area (TPSA) is 169 Å². The molecule has 0 spiro atoms. The molecule has 0 fully saturated rings. The number of carboxylic acids is 1. The van der Waals surface area contributed by atoms with E-state index in [1.807, 2.05) is 0 Å². The molecule has 294 valence electrons. The minimum Gasteiger partial charge on any atom is -0.480 e. The molecule has 3 unspecified atom stereocenters. The number of hydrogen-bond acceptors (Lipinski definition) is 8. The number of phosphoric ester groups is 1. The molecule has 0 aliphatic heterocycles. The zero-order valence-electron chi connectivity index (χ0n) is 31.5. The van der Waals surface area contributed by atoms with E-state index in [1.54, 1.807) is 0 Å². The van der Waals surface area contributed by atoms with E-state index in [-0.39, 0.29) is 12.8 Å². The van der Waals surface area contributed by atoms with E-state index in [0.29, 0.717) is 12.8 Å². The SMILES string of the molecule is CCCCCCCC/C=C\CCCCCCCCCC(=O)OCC(O)COP(=O)(O)OCC(NC(=O)CCCCCCCCCCC)C(=O)O. The van der Waals surface area contributed by atoms with Gasteiger partial charge in [-0.1, -0.05) is 142 Å². The first-order valence-corrected chi connectivity index (χ1v) is 21.2. The van der Waals surface area contributed by atoms with Crippen molar-refractivity contribution in [3.8, 4) is 0 Å². The van der Waals surface area contributed by atoms with Gasteiger partial charge in [-0.15, -0.1) is 0 Å². The van der Waals surface area contributed by atoms with Crippen molar-refractivity contribution < 1.29 is 47.8 Å². The molecule has 0 aromatic carbocycles. The fourth-order valence-corrected chi connectivity index (χ4v) is 6.20. The lowest BCUT2D eigenvalue weighted by atomic mass is 10.1. The Bertz CT molecular complexity index is 916. The molecular formula is C38H72NO10P. The second-order valence-corrected chi connectivity index (χ2v) is 14.9. The Balaban J connectivity index is 3.90. The van der Waals surface area contributed by atoms with Crippen LogP contribution in [0.2, 0.25) is 0 Å². The van der Waals surface area contributed by atoms with Gasteiger partial charge < -0.3 is 25.2 Å². The lowest BCUT2D eigenvalue weighted by Crippen LogP contribution is -2.43. The summed E-state index contributed by atoms with van der Waals surface area (Å²) in [5, 5.41) is 21.7. The molecule has 0 aliphatic rings. The fraction of sp³-hybridized carbons (Fsp3) is 0.868. The number of unbranched alkanes of at least 4 members (excludes halogenated alkanes) is 21. The summed E-state index contributed by atoms with van der Waals surface area (Å²) in [6, 6.07) is -1.54. The summed E-state index contributed by atoms with van der Waals surface area (Å²) in [6.45, 7) is 2.54. The van der Waals surface area contributed by atoms with Crippen LogP contribution in [0.4, 0.5) is 0 Å². The standard InChI is InChI=1S/C38H72NO10P/c1-3-5-7-9-11-13-14-15-16-17-18-19-20-22-24-26-28-30-37(42)47-31-34(40)32-48-50(45,46)49-33-35(38(43)44)39-36(41)29-27-25-23-21-12-10-8-6-4-2/h15-16,34-35,40H,3-14,17-33H2,1-2H3,(H,39,41)(H,43,44)(H,45,46)/b16-15-. The zero-order valence-corrected chi connectivity index (χ0v) is 32.4. The average molecular weight is 734 g/mol. The maximum atomic E-state index is 12.2. The number of esters is 1. The van der Waals surface area contributed by atoms with E-state index in [4.69, 9.17) is 13.8 Å². The van der Waals surface area contributed by atoms with Gasteiger partial charge in [0.15, 0.2) is 6.04 Å². The third kappa shape index (κ3) is 33.4. The molecule has 12 heteroatoms. The van der Waals surface area contributed by atoms with E-state index in [2.05, 4.69) is 31.3 Å². The summed E-state index contributed by atoms with van der Waals surface area (Å²) in [4.78, 5) is 45.6. The second-order valence-electron chi connectivity index (χ2n) is 13.5. The van der Waals surface area contributed by atoms with E-state index in [9.17, 15) is 34.1 Å². The molecule has 0 rings (SSSR count). The third-order valence-electron chi connectivity index (χ3n) is 8.55. The number of carbonyl (C=O) groups excluding carboxylic acids is 2. The number of amides is 1. The van der Waals surface area contributed by atoms with E-state index in [1.165, 1.54) is 96.3 Å². The van der Waals surface area contributed by atoms with Crippen LogP contribution in [0.5, 0.6) is 0 Å². The number of allylic oxidation sites excluding steroid dienone is 2. The van der Waals surface area contributed by atoms with Crippen LogP contribution in [0.15, 0.2) is 12.2 Å². The highest BCUT2D eigenvalue weighted by Gasteiger charge is 2.28. The number of hydrogen-bond donors (Lipinski definition) is 4. The minimum absolute atomic E-state index is 0.148. The smallest absolute Gasteiger partial charge is 0.472 e. The van der Waals surface area contributed by atoms with E-state index < -0.39 is 57.6 Å². The maximum absolute atomic E-state index is 12.2. The van der Waals surface area contributed by atoms with Gasteiger partial charge in [0.1, 0.15) is 12.7 Å². The molecule has 0 saturated heterocycles. The number of rotatable bonds is 37. The van der Waals surface area contributed by atoms with Crippen molar-refractivity contribution in [2.24, 2.45) is 0 Å². The van der Waals surface area contributed by atoms with Crippen LogP contribution in [-0.4, -0.2) is 64.9 Å². The van der Waals surface area contributed by atoms with Crippen molar-refractivity contribution in [3.05, 3.63) is 12.2 Å². The predicted octanol–water partition coefficient (Wildman–Crippen LogP) is 9.33. The summed E-state index contributed by atoms with van der Waals surface area (Å²) < 4.78 is 26.7. The first kappa shape index (κ1) is 48.2. The van der Waals surface area contributed by atoms with Crippen molar-refractivity contribution in [1.82, 2.24) is 5.32 Å². The lowest BCUT2D eigenvalue weighted by molar-refractivity contribution is -0.147. The van der Waals surface area contributed by atoms with Crippen molar-refractivity contribution in [3.63, 3.8) is 0 Å². The number of aliphatic hydroxyl groups is 1. The largest absolute Gasteiger partial charge is 0.480 e. The third-order valence-corrected chi connectivity index (χ3v) is 9.51. The molecule has 50 heavy (non-hydrogen) atoms. The maximum Gasteiger partial charge on any atom is 0.472 e. The number of carbonyl (C=O) groups is 3. The summed E-state index contributed by atoms with van der Waals surface area (Å²) >= 11 is 0. The Labute approximate surface area is 303 Å².